The van der Waals surface area contributed by atoms with Gasteiger partial charge in [-0.2, -0.15) is 0 Å². The van der Waals surface area contributed by atoms with Crippen molar-refractivity contribution in [2.45, 2.75) is 26.3 Å². The fraction of sp³-hybridized carbons (Fsp3) is 0.524. The molecule has 0 aliphatic carbocycles. The van der Waals surface area contributed by atoms with Crippen molar-refractivity contribution in [2.24, 2.45) is 4.99 Å². The van der Waals surface area contributed by atoms with E-state index in [1.54, 1.807) is 13.4 Å². The van der Waals surface area contributed by atoms with Gasteiger partial charge in [0.05, 0.1) is 12.8 Å². The van der Waals surface area contributed by atoms with Gasteiger partial charge in [-0.05, 0) is 18.6 Å². The first-order valence-corrected chi connectivity index (χ1v) is 9.99. The van der Waals surface area contributed by atoms with Crippen LogP contribution in [-0.2, 0) is 6.54 Å². The topological polar surface area (TPSA) is 66.1 Å². The number of methoxy groups -OCH3 is 1. The molecule has 1 aliphatic rings. The standard InChI is InChI=1S/C21H31N5O2/c1-4-22-21(23-15-17(2)19-7-5-6-8-20(19)27-3)26-12-10-25(11-13-26)16-18-9-14-28-24-18/h5-9,14,17H,4,10-13,15-16H2,1-3H3,(H,22,23). The summed E-state index contributed by atoms with van der Waals surface area (Å²) in [6, 6.07) is 10.1. The lowest BCUT2D eigenvalue weighted by atomic mass is 10.0. The lowest BCUT2D eigenvalue weighted by molar-refractivity contribution is 0.169. The van der Waals surface area contributed by atoms with Gasteiger partial charge in [0.15, 0.2) is 5.96 Å². The highest BCUT2D eigenvalue weighted by Crippen LogP contribution is 2.26. The van der Waals surface area contributed by atoms with E-state index in [9.17, 15) is 0 Å². The van der Waals surface area contributed by atoms with Crippen LogP contribution in [-0.4, -0.2) is 67.3 Å². The summed E-state index contributed by atoms with van der Waals surface area (Å²) in [7, 11) is 1.72. The highest BCUT2D eigenvalue weighted by atomic mass is 16.5. The smallest absolute Gasteiger partial charge is 0.194 e. The number of aromatic nitrogens is 1. The molecule has 0 radical (unpaired) electrons. The molecule has 1 saturated heterocycles. The third-order valence-electron chi connectivity index (χ3n) is 5.07. The molecule has 7 nitrogen and oxygen atoms in total. The number of benzene rings is 1. The van der Waals surface area contributed by atoms with E-state index in [4.69, 9.17) is 14.3 Å². The van der Waals surface area contributed by atoms with Crippen LogP contribution in [0.15, 0.2) is 46.1 Å². The Bertz CT molecular complexity index is 739. The van der Waals surface area contributed by atoms with Crippen LogP contribution in [0.1, 0.15) is 31.0 Å². The maximum atomic E-state index is 5.50. The molecule has 7 heteroatoms. The number of para-hydroxylation sites is 1. The molecule has 1 aromatic carbocycles. The minimum atomic E-state index is 0.290. The van der Waals surface area contributed by atoms with Crippen molar-refractivity contribution in [1.82, 2.24) is 20.3 Å². The number of nitrogens with zero attached hydrogens (tertiary/aromatic N) is 4. The molecule has 2 heterocycles. The van der Waals surface area contributed by atoms with Crippen LogP contribution in [0.5, 0.6) is 5.75 Å². The molecular formula is C21H31N5O2. The Kier molecular flexibility index (Phi) is 7.31. The number of hydrogen-bond acceptors (Lipinski definition) is 5. The molecule has 1 fully saturated rings. The number of nitrogens with one attached hydrogen (secondary N) is 1. The van der Waals surface area contributed by atoms with Crippen molar-refractivity contribution in [3.63, 3.8) is 0 Å². The van der Waals surface area contributed by atoms with Crippen molar-refractivity contribution in [1.29, 1.82) is 0 Å². The lowest BCUT2D eigenvalue weighted by Gasteiger charge is -2.36. The molecule has 1 unspecified atom stereocenters. The number of hydrogen-bond donors (Lipinski definition) is 1. The summed E-state index contributed by atoms with van der Waals surface area (Å²) in [4.78, 5) is 9.66. The summed E-state index contributed by atoms with van der Waals surface area (Å²) in [5.41, 5.74) is 2.18. The van der Waals surface area contributed by atoms with Gasteiger partial charge in [0.25, 0.3) is 0 Å². The van der Waals surface area contributed by atoms with Gasteiger partial charge in [-0.1, -0.05) is 30.3 Å². The summed E-state index contributed by atoms with van der Waals surface area (Å²) in [6.45, 7) is 10.6. The number of aliphatic imine (C=N–C) groups is 1. The second-order valence-electron chi connectivity index (χ2n) is 7.09. The van der Waals surface area contributed by atoms with Crippen molar-refractivity contribution < 1.29 is 9.26 Å². The van der Waals surface area contributed by atoms with E-state index in [2.05, 4.69) is 46.3 Å². The Morgan fingerprint density at radius 3 is 2.71 bits per heavy atom. The fourth-order valence-electron chi connectivity index (χ4n) is 3.49. The van der Waals surface area contributed by atoms with E-state index in [1.807, 2.05) is 18.2 Å². The Morgan fingerprint density at radius 2 is 2.04 bits per heavy atom. The first kappa shape index (κ1) is 20.2. The van der Waals surface area contributed by atoms with Crippen LogP contribution in [0, 0.1) is 0 Å². The van der Waals surface area contributed by atoms with Gasteiger partial charge in [0.2, 0.25) is 0 Å². The molecular weight excluding hydrogens is 354 g/mol. The zero-order valence-corrected chi connectivity index (χ0v) is 17.1. The maximum absolute atomic E-state index is 5.50. The molecule has 1 aliphatic heterocycles. The van der Waals surface area contributed by atoms with Gasteiger partial charge in [-0.25, -0.2) is 0 Å². The lowest BCUT2D eigenvalue weighted by Crippen LogP contribution is -2.52. The van der Waals surface area contributed by atoms with Crippen molar-refractivity contribution in [3.05, 3.63) is 47.9 Å². The Hall–Kier alpha value is -2.54. The molecule has 0 spiro atoms. The highest BCUT2D eigenvalue weighted by molar-refractivity contribution is 5.80. The molecule has 1 N–H and O–H groups in total. The highest BCUT2D eigenvalue weighted by Gasteiger charge is 2.20. The Morgan fingerprint density at radius 1 is 1.25 bits per heavy atom. The molecule has 1 atom stereocenters. The molecule has 3 rings (SSSR count). The van der Waals surface area contributed by atoms with Gasteiger partial charge >= 0.3 is 0 Å². The van der Waals surface area contributed by atoms with E-state index in [0.29, 0.717) is 5.92 Å². The van der Waals surface area contributed by atoms with Crippen molar-refractivity contribution in [2.75, 3.05) is 46.4 Å². The first-order chi connectivity index (χ1) is 13.7. The summed E-state index contributed by atoms with van der Waals surface area (Å²) < 4.78 is 10.4. The zero-order chi connectivity index (χ0) is 19.8. The summed E-state index contributed by atoms with van der Waals surface area (Å²) in [5, 5.41) is 7.46. The van der Waals surface area contributed by atoms with Crippen LogP contribution in [0.4, 0.5) is 0 Å². The predicted molar refractivity (Wildman–Crippen MR) is 111 cm³/mol. The second kappa shape index (κ2) is 10.1. The molecule has 28 heavy (non-hydrogen) atoms. The van der Waals surface area contributed by atoms with Gasteiger partial charge in [0.1, 0.15) is 12.0 Å². The minimum absolute atomic E-state index is 0.290. The van der Waals surface area contributed by atoms with E-state index >= 15 is 0 Å². The third kappa shape index (κ3) is 5.25. The van der Waals surface area contributed by atoms with Crippen LogP contribution < -0.4 is 10.1 Å². The van der Waals surface area contributed by atoms with Crippen LogP contribution >= 0.6 is 0 Å². The fourth-order valence-corrected chi connectivity index (χ4v) is 3.49. The van der Waals surface area contributed by atoms with Gasteiger partial charge in [-0.3, -0.25) is 9.89 Å². The van der Waals surface area contributed by atoms with Crippen molar-refractivity contribution in [3.8, 4) is 5.75 Å². The zero-order valence-electron chi connectivity index (χ0n) is 17.1. The van der Waals surface area contributed by atoms with Gasteiger partial charge in [-0.15, -0.1) is 0 Å². The average molecular weight is 386 g/mol. The molecule has 0 saturated carbocycles. The largest absolute Gasteiger partial charge is 0.496 e. The number of guanidine groups is 1. The predicted octanol–water partition coefficient (Wildman–Crippen LogP) is 2.57. The summed E-state index contributed by atoms with van der Waals surface area (Å²) in [5.74, 6) is 2.21. The third-order valence-corrected chi connectivity index (χ3v) is 5.07. The van der Waals surface area contributed by atoms with Gasteiger partial charge in [0, 0.05) is 57.8 Å². The number of ether oxygens (including phenoxy) is 1. The summed E-state index contributed by atoms with van der Waals surface area (Å²) in [6.07, 6.45) is 1.63. The molecule has 2 aromatic rings. The van der Waals surface area contributed by atoms with Crippen LogP contribution in [0.3, 0.4) is 0 Å². The number of rotatable bonds is 7. The normalized spacial score (nSPS) is 16.8. The maximum Gasteiger partial charge on any atom is 0.194 e. The molecule has 0 bridgehead atoms. The van der Waals surface area contributed by atoms with E-state index in [0.717, 1.165) is 63.2 Å². The van der Waals surface area contributed by atoms with E-state index < -0.39 is 0 Å². The first-order valence-electron chi connectivity index (χ1n) is 9.99. The Labute approximate surface area is 167 Å². The van der Waals surface area contributed by atoms with Crippen LogP contribution in [0.25, 0.3) is 0 Å². The average Bonchev–Trinajstić information content (AvgIpc) is 3.24. The van der Waals surface area contributed by atoms with E-state index in [-0.39, 0.29) is 0 Å². The second-order valence-corrected chi connectivity index (χ2v) is 7.09. The van der Waals surface area contributed by atoms with Crippen molar-refractivity contribution >= 4 is 5.96 Å². The quantitative estimate of drug-likeness (QED) is 0.584. The summed E-state index contributed by atoms with van der Waals surface area (Å²) >= 11 is 0. The Balaban J connectivity index is 1.58. The van der Waals surface area contributed by atoms with Gasteiger partial charge < -0.3 is 19.5 Å². The van der Waals surface area contributed by atoms with E-state index in [1.165, 1.54) is 5.56 Å². The molecule has 1 aromatic heterocycles. The van der Waals surface area contributed by atoms with Crippen LogP contribution in [0.2, 0.25) is 0 Å². The number of piperazine rings is 1. The SMILES string of the molecule is CCNC(=NCC(C)c1ccccc1OC)N1CCN(Cc2ccon2)CC1. The minimum Gasteiger partial charge on any atom is -0.496 e. The molecule has 152 valence electrons. The monoisotopic (exact) mass is 385 g/mol. The molecule has 0 amide bonds.